The van der Waals surface area contributed by atoms with Gasteiger partial charge in [0.1, 0.15) is 29.5 Å². The van der Waals surface area contributed by atoms with Crippen LogP contribution in [-0.2, 0) is 18.8 Å². The molecule has 270 valence electrons. The maximum atomic E-state index is 15.8. The molecule has 6 aromatic rings. The Hall–Kier alpha value is -4.66. The molecular formula is C38H41F2N9O3. The van der Waals surface area contributed by atoms with Crippen molar-refractivity contribution < 1.29 is 23.4 Å². The van der Waals surface area contributed by atoms with E-state index in [0.717, 1.165) is 93.4 Å². The van der Waals surface area contributed by atoms with Crippen LogP contribution in [0.1, 0.15) is 50.5 Å². The Kier molecular flexibility index (Phi) is 7.03. The van der Waals surface area contributed by atoms with Crippen molar-refractivity contribution in [3.05, 3.63) is 47.7 Å². The summed E-state index contributed by atoms with van der Waals surface area (Å²) in [5, 5.41) is 27.4. The van der Waals surface area contributed by atoms with E-state index < -0.39 is 5.60 Å². The molecule has 2 aromatic carbocycles. The second kappa shape index (κ2) is 11.4. The molecule has 0 radical (unpaired) electrons. The van der Waals surface area contributed by atoms with Crippen LogP contribution in [0.15, 0.2) is 36.3 Å². The van der Waals surface area contributed by atoms with E-state index in [0.29, 0.717) is 49.9 Å². The van der Waals surface area contributed by atoms with E-state index in [1.807, 2.05) is 40.4 Å². The fourth-order valence-electron chi connectivity index (χ4n) is 9.31. The molecule has 4 aliphatic rings. The quantitative estimate of drug-likeness (QED) is 0.227. The van der Waals surface area contributed by atoms with E-state index >= 15 is 4.39 Å². The van der Waals surface area contributed by atoms with Gasteiger partial charge in [0, 0.05) is 38.1 Å². The molecule has 3 aliphatic heterocycles. The number of aromatic amines is 1. The predicted molar refractivity (Wildman–Crippen MR) is 194 cm³/mol. The molecule has 4 fully saturated rings. The Morgan fingerprint density at radius 2 is 2.02 bits per heavy atom. The number of nitrogens with one attached hydrogen (secondary N) is 1. The van der Waals surface area contributed by atoms with Gasteiger partial charge in [0.25, 0.3) is 0 Å². The highest BCUT2D eigenvalue weighted by molar-refractivity contribution is 6.20. The molecule has 0 bridgehead atoms. The number of benzene rings is 2. The summed E-state index contributed by atoms with van der Waals surface area (Å²) in [7, 11) is 3.87. The van der Waals surface area contributed by atoms with Crippen molar-refractivity contribution in [3.8, 4) is 17.3 Å². The molecule has 14 heteroatoms. The monoisotopic (exact) mass is 709 g/mol. The van der Waals surface area contributed by atoms with Gasteiger partial charge < -0.3 is 24.0 Å². The zero-order valence-electron chi connectivity index (χ0n) is 29.5. The van der Waals surface area contributed by atoms with Crippen molar-refractivity contribution in [2.24, 2.45) is 14.1 Å². The number of aromatic nitrogens is 7. The van der Waals surface area contributed by atoms with Crippen LogP contribution in [0.5, 0.6) is 6.01 Å². The van der Waals surface area contributed by atoms with E-state index in [2.05, 4.69) is 15.1 Å². The lowest BCUT2D eigenvalue weighted by molar-refractivity contribution is -0.0123. The summed E-state index contributed by atoms with van der Waals surface area (Å²) in [5.41, 5.74) is 4.72. The van der Waals surface area contributed by atoms with Gasteiger partial charge in [-0.15, -0.1) is 0 Å². The highest BCUT2D eigenvalue weighted by Crippen LogP contribution is 2.50. The number of hydrogen-bond acceptors (Lipinski definition) is 9. The molecule has 7 heterocycles. The molecule has 2 N–H and O–H groups in total. The van der Waals surface area contributed by atoms with Crippen LogP contribution < -0.4 is 9.64 Å². The Balaban J connectivity index is 1.21. The van der Waals surface area contributed by atoms with Crippen molar-refractivity contribution in [2.45, 2.75) is 56.1 Å². The molecule has 3 saturated heterocycles. The lowest BCUT2D eigenvalue weighted by atomic mass is 9.92. The number of hydrogen-bond donors (Lipinski definition) is 2. The summed E-state index contributed by atoms with van der Waals surface area (Å²) in [5.74, 6) is 0.559. The number of aliphatic hydroxyl groups is 1. The number of halogens is 2. The van der Waals surface area contributed by atoms with Crippen LogP contribution in [0, 0.1) is 5.82 Å². The van der Waals surface area contributed by atoms with Crippen LogP contribution in [0.25, 0.3) is 55.0 Å². The number of nitrogens with zero attached hydrogens (tertiary/aromatic N) is 8. The maximum Gasteiger partial charge on any atom is 0.320 e. The van der Waals surface area contributed by atoms with Crippen molar-refractivity contribution in [2.75, 3.05) is 50.9 Å². The minimum atomic E-state index is -1.12. The Labute approximate surface area is 298 Å². The standard InChI is InChI=1S/C38H41F2N9O3/c1-37(50)18-48(11-12-51-19-37)35-30-32-33(46(2)34(30)42-36(43-35)52-20-38-9-4-10-49(38)17-21(14-38)15-39)31(45-47(32)3)29-24-16-41-44-26(24)13-23-7-8-25(40)27(28(23)29)22-5-6-22/h7-8,13,15-16,22,50H,4-6,9-12,14,17-20H2,1-3H3,(H,41,44)/b21-15-/t37-,38-/m0/s1. The summed E-state index contributed by atoms with van der Waals surface area (Å²) in [6.07, 6.45) is 6.98. The van der Waals surface area contributed by atoms with Gasteiger partial charge in [-0.05, 0) is 85.5 Å². The highest BCUT2D eigenvalue weighted by atomic mass is 19.1. The summed E-state index contributed by atoms with van der Waals surface area (Å²) in [6, 6.07) is 5.66. The van der Waals surface area contributed by atoms with Gasteiger partial charge in [-0.25, -0.2) is 8.78 Å². The van der Waals surface area contributed by atoms with Gasteiger partial charge in [-0.3, -0.25) is 14.7 Å². The summed E-state index contributed by atoms with van der Waals surface area (Å²) < 4.78 is 45.7. The third-order valence-electron chi connectivity index (χ3n) is 11.8. The zero-order valence-corrected chi connectivity index (χ0v) is 29.5. The van der Waals surface area contributed by atoms with Crippen LogP contribution in [0.4, 0.5) is 14.6 Å². The molecule has 4 aromatic heterocycles. The van der Waals surface area contributed by atoms with E-state index in [-0.39, 0.29) is 36.4 Å². The third-order valence-corrected chi connectivity index (χ3v) is 11.8. The Morgan fingerprint density at radius 3 is 2.85 bits per heavy atom. The second-order valence-electron chi connectivity index (χ2n) is 15.6. The fraction of sp³-hybridized carbons (Fsp3) is 0.474. The first-order valence-electron chi connectivity index (χ1n) is 18.2. The number of rotatable bonds is 6. The number of fused-ring (bicyclic) bond motifs is 6. The van der Waals surface area contributed by atoms with Crippen LogP contribution >= 0.6 is 0 Å². The number of H-pyrrole nitrogens is 1. The highest BCUT2D eigenvalue weighted by Gasteiger charge is 2.47. The van der Waals surface area contributed by atoms with E-state index in [1.165, 1.54) is 0 Å². The summed E-state index contributed by atoms with van der Waals surface area (Å²) in [4.78, 5) is 14.5. The average molecular weight is 710 g/mol. The number of anilines is 1. The topological polar surface area (TPSA) is 122 Å². The molecule has 10 rings (SSSR count). The van der Waals surface area contributed by atoms with Gasteiger partial charge >= 0.3 is 6.01 Å². The lowest BCUT2D eigenvalue weighted by Gasteiger charge is -2.31. The third kappa shape index (κ3) is 4.80. The molecule has 2 atom stereocenters. The van der Waals surface area contributed by atoms with Gasteiger partial charge in [0.2, 0.25) is 0 Å². The first-order valence-corrected chi connectivity index (χ1v) is 18.2. The molecule has 52 heavy (non-hydrogen) atoms. The van der Waals surface area contributed by atoms with Gasteiger partial charge in [0.15, 0.2) is 5.65 Å². The van der Waals surface area contributed by atoms with Crippen molar-refractivity contribution in [1.29, 1.82) is 0 Å². The predicted octanol–water partition coefficient (Wildman–Crippen LogP) is 5.63. The van der Waals surface area contributed by atoms with Crippen molar-refractivity contribution in [3.63, 3.8) is 0 Å². The van der Waals surface area contributed by atoms with Crippen LogP contribution in [-0.4, -0.2) is 102 Å². The van der Waals surface area contributed by atoms with Crippen molar-refractivity contribution in [1.82, 2.24) is 39.4 Å². The summed E-state index contributed by atoms with van der Waals surface area (Å²) >= 11 is 0. The van der Waals surface area contributed by atoms with Gasteiger partial charge in [-0.1, -0.05) is 6.07 Å². The molecule has 1 saturated carbocycles. The number of aryl methyl sites for hydroxylation is 2. The Morgan fingerprint density at radius 1 is 1.15 bits per heavy atom. The SMILES string of the molecule is Cn1nc(-c2c3cn[nH]c3cc3ccc(F)c(C4CC4)c23)c2c1c1c(N3CCOC[C@@](C)(O)C3)nc(OC[C@@]34CCCN3C/C(=C\F)C4)nc1n2C. The largest absolute Gasteiger partial charge is 0.461 e. The summed E-state index contributed by atoms with van der Waals surface area (Å²) in [6.45, 7) is 4.99. The van der Waals surface area contributed by atoms with E-state index in [9.17, 15) is 9.50 Å². The molecule has 0 unspecified atom stereocenters. The lowest BCUT2D eigenvalue weighted by Crippen LogP contribution is -2.44. The van der Waals surface area contributed by atoms with Crippen LogP contribution in [0.2, 0.25) is 0 Å². The first-order chi connectivity index (χ1) is 25.1. The maximum absolute atomic E-state index is 15.8. The van der Waals surface area contributed by atoms with Gasteiger partial charge in [-0.2, -0.15) is 20.2 Å². The Bertz CT molecular complexity index is 2460. The average Bonchev–Trinajstić information content (AvgIpc) is 3.35. The van der Waals surface area contributed by atoms with Crippen LogP contribution in [0.3, 0.4) is 0 Å². The van der Waals surface area contributed by atoms with Crippen molar-refractivity contribution >= 4 is 49.6 Å². The number of β-amino-alcohol motifs (C(OH)–C–C–N with tert-alkyl or cyclic N) is 1. The normalized spacial score (nSPS) is 25.0. The minimum absolute atomic E-state index is 0.153. The smallest absolute Gasteiger partial charge is 0.320 e. The molecule has 0 amide bonds. The molecule has 1 aliphatic carbocycles. The molecule has 0 spiro atoms. The second-order valence-corrected chi connectivity index (χ2v) is 15.6. The first kappa shape index (κ1) is 32.0. The van der Waals surface area contributed by atoms with Gasteiger partial charge in [0.05, 0.1) is 59.8 Å². The zero-order chi connectivity index (χ0) is 35.5. The fourth-order valence-corrected chi connectivity index (χ4v) is 9.31. The molecular weight excluding hydrogens is 668 g/mol. The molecule has 12 nitrogen and oxygen atoms in total. The number of ether oxygens (including phenoxy) is 2. The van der Waals surface area contributed by atoms with E-state index in [1.54, 1.807) is 19.2 Å². The minimum Gasteiger partial charge on any atom is -0.461 e. The van der Waals surface area contributed by atoms with E-state index in [4.69, 9.17) is 24.5 Å².